The van der Waals surface area contributed by atoms with Gasteiger partial charge in [-0.05, 0) is 46.3 Å². The molecule has 0 unspecified atom stereocenters. The number of piperazine rings is 1. The Morgan fingerprint density at radius 2 is 2.03 bits per heavy atom. The van der Waals surface area contributed by atoms with E-state index in [9.17, 15) is 9.90 Å². The number of pyridine rings is 1. The first-order valence-electron chi connectivity index (χ1n) is 9.68. The van der Waals surface area contributed by atoms with Crippen LogP contribution < -0.4 is 5.32 Å². The number of carbonyl (C=O) groups excluding carboxylic acids is 1. The molecule has 0 aliphatic carbocycles. The molecule has 0 bridgehead atoms. The maximum absolute atomic E-state index is 12.9. The van der Waals surface area contributed by atoms with Gasteiger partial charge in [0.05, 0.1) is 30.4 Å². The lowest BCUT2D eigenvalue weighted by Gasteiger charge is -2.25. The fraction of sp³-hybridized carbons (Fsp3) is 0.238. The van der Waals surface area contributed by atoms with Crippen molar-refractivity contribution in [2.45, 2.75) is 16.0 Å². The molecule has 2 aromatic heterocycles. The zero-order chi connectivity index (χ0) is 21.8. The van der Waals surface area contributed by atoms with Crippen LogP contribution in [0.5, 0.6) is 0 Å². The number of halogens is 1. The van der Waals surface area contributed by atoms with Gasteiger partial charge >= 0.3 is 5.90 Å². The minimum Gasteiger partial charge on any atom is -0.464 e. The van der Waals surface area contributed by atoms with Gasteiger partial charge in [0.2, 0.25) is 0 Å². The van der Waals surface area contributed by atoms with Crippen molar-refractivity contribution in [3.8, 4) is 0 Å². The number of aromatic nitrogens is 2. The fourth-order valence-electron chi connectivity index (χ4n) is 3.18. The summed E-state index contributed by atoms with van der Waals surface area (Å²) in [5.74, 6) is 1.05. The molecule has 2 N–H and O–H groups in total. The van der Waals surface area contributed by atoms with Crippen molar-refractivity contribution in [2.24, 2.45) is 0 Å². The zero-order valence-electron chi connectivity index (χ0n) is 16.8. The SMILES string of the molecule is CC(O)=[N+]1CCN(C(=O)c2cccc(Sc3cnc(Nc4cccc(Br)n4)s3)c2)CC1. The zero-order valence-corrected chi connectivity index (χ0v) is 20.0. The predicted molar refractivity (Wildman–Crippen MR) is 127 cm³/mol. The van der Waals surface area contributed by atoms with Gasteiger partial charge < -0.3 is 15.3 Å². The Morgan fingerprint density at radius 1 is 1.26 bits per heavy atom. The molecular weight excluding hydrogens is 498 g/mol. The summed E-state index contributed by atoms with van der Waals surface area (Å²) in [5.41, 5.74) is 0.671. The number of aliphatic hydroxyl groups excluding tert-OH is 1. The van der Waals surface area contributed by atoms with Crippen LogP contribution in [0.4, 0.5) is 10.9 Å². The molecular formula is C21H21BrN5O2S2+. The van der Waals surface area contributed by atoms with Gasteiger partial charge in [-0.3, -0.25) is 4.79 Å². The molecule has 1 aliphatic heterocycles. The topological polar surface area (TPSA) is 81.4 Å². The first-order chi connectivity index (χ1) is 15.0. The summed E-state index contributed by atoms with van der Waals surface area (Å²) < 4.78 is 3.66. The Labute approximate surface area is 197 Å². The lowest BCUT2D eigenvalue weighted by atomic mass is 10.2. The highest BCUT2D eigenvalue weighted by Crippen LogP contribution is 2.35. The Hall–Kier alpha value is -2.43. The minimum atomic E-state index is 0.0186. The van der Waals surface area contributed by atoms with Crippen molar-refractivity contribution in [2.75, 3.05) is 31.5 Å². The van der Waals surface area contributed by atoms with Crippen LogP contribution in [0.25, 0.3) is 0 Å². The first-order valence-corrected chi connectivity index (χ1v) is 12.1. The van der Waals surface area contributed by atoms with E-state index in [2.05, 4.69) is 31.2 Å². The van der Waals surface area contributed by atoms with E-state index in [0.29, 0.717) is 37.6 Å². The number of rotatable bonds is 5. The van der Waals surface area contributed by atoms with Gasteiger partial charge in [-0.25, -0.2) is 9.97 Å². The van der Waals surface area contributed by atoms with Gasteiger partial charge in [-0.2, -0.15) is 4.58 Å². The molecule has 1 saturated heterocycles. The van der Waals surface area contributed by atoms with Crippen molar-refractivity contribution in [1.82, 2.24) is 14.9 Å². The molecule has 3 heterocycles. The molecule has 1 aliphatic rings. The Bertz CT molecular complexity index is 1120. The number of hydrogen-bond acceptors (Lipinski definition) is 6. The van der Waals surface area contributed by atoms with Gasteiger partial charge in [0.1, 0.15) is 10.4 Å². The maximum Gasteiger partial charge on any atom is 0.330 e. The van der Waals surface area contributed by atoms with Crippen molar-refractivity contribution in [3.63, 3.8) is 0 Å². The summed E-state index contributed by atoms with van der Waals surface area (Å²) >= 11 is 6.47. The van der Waals surface area contributed by atoms with Crippen LogP contribution in [0.2, 0.25) is 0 Å². The second-order valence-corrected chi connectivity index (χ2v) is 10.1. The molecule has 1 amide bonds. The van der Waals surface area contributed by atoms with Crippen molar-refractivity contribution < 1.29 is 14.5 Å². The third-order valence-electron chi connectivity index (χ3n) is 4.76. The number of thiazole rings is 1. The molecule has 0 radical (unpaired) electrons. The van der Waals surface area contributed by atoms with Crippen LogP contribution >= 0.6 is 39.0 Å². The molecule has 10 heteroatoms. The largest absolute Gasteiger partial charge is 0.464 e. The number of nitrogens with zero attached hydrogens (tertiary/aromatic N) is 4. The smallest absolute Gasteiger partial charge is 0.330 e. The molecule has 0 saturated carbocycles. The molecule has 31 heavy (non-hydrogen) atoms. The Morgan fingerprint density at radius 3 is 2.77 bits per heavy atom. The molecule has 1 aromatic carbocycles. The average molecular weight is 519 g/mol. The lowest BCUT2D eigenvalue weighted by molar-refractivity contribution is -0.545. The van der Waals surface area contributed by atoms with E-state index in [1.807, 2.05) is 58.1 Å². The summed E-state index contributed by atoms with van der Waals surface area (Å²) in [6.45, 7) is 4.16. The van der Waals surface area contributed by atoms with Crippen molar-refractivity contribution in [3.05, 3.63) is 58.8 Å². The van der Waals surface area contributed by atoms with Gasteiger partial charge in [0.15, 0.2) is 18.2 Å². The number of hydrogen-bond donors (Lipinski definition) is 2. The number of benzene rings is 1. The van der Waals surface area contributed by atoms with E-state index in [1.165, 1.54) is 11.3 Å². The van der Waals surface area contributed by atoms with Crippen molar-refractivity contribution >= 4 is 61.8 Å². The molecule has 0 spiro atoms. The third kappa shape index (κ3) is 5.63. The first kappa shape index (κ1) is 21.8. The van der Waals surface area contributed by atoms with E-state index in [0.717, 1.165) is 24.7 Å². The normalized spacial score (nSPS) is 13.9. The van der Waals surface area contributed by atoms with Gasteiger partial charge in [-0.1, -0.05) is 35.2 Å². The molecule has 4 rings (SSSR count). The Balaban J connectivity index is 1.40. The number of carbonyl (C=O) groups is 1. The second-order valence-electron chi connectivity index (χ2n) is 6.91. The maximum atomic E-state index is 12.9. The van der Waals surface area contributed by atoms with Gasteiger partial charge in [-0.15, -0.1) is 0 Å². The van der Waals surface area contributed by atoms with Crippen LogP contribution in [0, 0.1) is 0 Å². The highest BCUT2D eigenvalue weighted by atomic mass is 79.9. The monoisotopic (exact) mass is 518 g/mol. The number of anilines is 2. The summed E-state index contributed by atoms with van der Waals surface area (Å²) in [6, 6.07) is 13.3. The second kappa shape index (κ2) is 9.80. The minimum absolute atomic E-state index is 0.0186. The van der Waals surface area contributed by atoms with Gasteiger partial charge in [0.25, 0.3) is 5.91 Å². The van der Waals surface area contributed by atoms with Crippen LogP contribution in [-0.2, 0) is 0 Å². The van der Waals surface area contributed by atoms with Crippen LogP contribution in [0.1, 0.15) is 17.3 Å². The number of aliphatic hydroxyl groups is 1. The highest BCUT2D eigenvalue weighted by Gasteiger charge is 2.25. The number of amides is 1. The summed E-state index contributed by atoms with van der Waals surface area (Å²) in [4.78, 5) is 24.5. The lowest BCUT2D eigenvalue weighted by Crippen LogP contribution is -2.46. The summed E-state index contributed by atoms with van der Waals surface area (Å²) in [6.07, 6.45) is 1.82. The van der Waals surface area contributed by atoms with E-state index >= 15 is 0 Å². The van der Waals surface area contributed by atoms with Crippen LogP contribution in [0.3, 0.4) is 0 Å². The summed E-state index contributed by atoms with van der Waals surface area (Å²) in [7, 11) is 0. The van der Waals surface area contributed by atoms with E-state index in [-0.39, 0.29) is 5.91 Å². The quantitative estimate of drug-likeness (QED) is 0.291. The van der Waals surface area contributed by atoms with E-state index in [1.54, 1.807) is 18.7 Å². The molecule has 7 nitrogen and oxygen atoms in total. The number of nitrogens with one attached hydrogen (secondary N) is 1. The standard InChI is InChI=1S/C21H20BrN5O2S2/c1-14(28)26-8-10-27(11-9-26)20(29)15-4-2-5-16(12-15)30-19-13-23-21(31-19)25-18-7-3-6-17(22)24-18/h2-7,12-13H,8-11H2,1H3,(H,23,24,25)/p+1. The Kier molecular flexibility index (Phi) is 6.89. The van der Waals surface area contributed by atoms with Crippen LogP contribution in [0.15, 0.2) is 62.4 Å². The third-order valence-corrected chi connectivity index (χ3v) is 7.20. The van der Waals surface area contributed by atoms with E-state index in [4.69, 9.17) is 0 Å². The highest BCUT2D eigenvalue weighted by molar-refractivity contribution is 9.10. The average Bonchev–Trinajstić information content (AvgIpc) is 3.20. The van der Waals surface area contributed by atoms with Crippen molar-refractivity contribution in [1.29, 1.82) is 0 Å². The molecule has 160 valence electrons. The fourth-order valence-corrected chi connectivity index (χ4v) is 5.44. The molecule has 0 atom stereocenters. The van der Waals surface area contributed by atoms with E-state index < -0.39 is 0 Å². The molecule has 3 aromatic rings. The van der Waals surface area contributed by atoms with Gasteiger partial charge in [0, 0.05) is 10.5 Å². The summed E-state index contributed by atoms with van der Waals surface area (Å²) in [5, 5.41) is 13.6. The van der Waals surface area contributed by atoms with Crippen LogP contribution in [-0.4, -0.2) is 62.5 Å². The molecule has 1 fully saturated rings. The predicted octanol–water partition coefficient (Wildman–Crippen LogP) is 4.64.